The maximum absolute atomic E-state index is 11.2. The van der Waals surface area contributed by atoms with Crippen LogP contribution in [0.15, 0.2) is 48.7 Å². The fourth-order valence-electron chi connectivity index (χ4n) is 2.26. The first-order valence-electron chi connectivity index (χ1n) is 5.86. The van der Waals surface area contributed by atoms with E-state index < -0.39 is 5.97 Å². The Morgan fingerprint density at radius 1 is 1.05 bits per heavy atom. The van der Waals surface area contributed by atoms with Crippen molar-refractivity contribution in [2.24, 2.45) is 0 Å². The van der Waals surface area contributed by atoms with Gasteiger partial charge in [0.15, 0.2) is 0 Å². The molecule has 0 saturated heterocycles. The van der Waals surface area contributed by atoms with Crippen molar-refractivity contribution in [1.82, 2.24) is 4.57 Å². The van der Waals surface area contributed by atoms with Crippen molar-refractivity contribution in [2.75, 3.05) is 0 Å². The lowest BCUT2D eigenvalue weighted by Gasteiger charge is -2.07. The first-order valence-corrected chi connectivity index (χ1v) is 6.62. The summed E-state index contributed by atoms with van der Waals surface area (Å²) in [6.45, 7) is 0. The molecule has 3 nitrogen and oxygen atoms in total. The third-order valence-electron chi connectivity index (χ3n) is 3.09. The molecular formula is C15H9Cl2NO2. The van der Waals surface area contributed by atoms with Crippen LogP contribution in [0.3, 0.4) is 0 Å². The van der Waals surface area contributed by atoms with Crippen molar-refractivity contribution in [3.05, 3.63) is 64.3 Å². The van der Waals surface area contributed by atoms with E-state index in [1.165, 1.54) is 0 Å². The van der Waals surface area contributed by atoms with Gasteiger partial charge in [0, 0.05) is 27.3 Å². The van der Waals surface area contributed by atoms with Gasteiger partial charge in [-0.05, 0) is 36.4 Å². The second-order valence-corrected chi connectivity index (χ2v) is 5.23. The number of halogens is 2. The van der Waals surface area contributed by atoms with Crippen molar-refractivity contribution >= 4 is 40.1 Å². The average Bonchev–Trinajstić information content (AvgIpc) is 2.80. The number of carbonyl (C=O) groups is 1. The summed E-state index contributed by atoms with van der Waals surface area (Å²) < 4.78 is 1.86. The average molecular weight is 306 g/mol. The van der Waals surface area contributed by atoms with Gasteiger partial charge in [-0.15, -0.1) is 0 Å². The van der Waals surface area contributed by atoms with Crippen LogP contribution in [0.1, 0.15) is 10.4 Å². The molecule has 3 aromatic rings. The summed E-state index contributed by atoms with van der Waals surface area (Å²) >= 11 is 12.0. The molecule has 2 aromatic carbocycles. The first kappa shape index (κ1) is 13.0. The number of nitrogens with zero attached hydrogens (tertiary/aromatic N) is 1. The highest BCUT2D eigenvalue weighted by Crippen LogP contribution is 2.27. The summed E-state index contributed by atoms with van der Waals surface area (Å²) in [5.74, 6) is -0.947. The zero-order valence-electron chi connectivity index (χ0n) is 10.2. The fourth-order valence-corrected chi connectivity index (χ4v) is 2.77. The van der Waals surface area contributed by atoms with Crippen LogP contribution in [0.25, 0.3) is 16.6 Å². The summed E-state index contributed by atoms with van der Waals surface area (Å²) in [5, 5.41) is 10.9. The molecule has 0 aliphatic rings. The standard InChI is InChI=1S/C15H9Cl2NO2/c16-9-6-10(17)8-11(7-9)18-5-4-12-13(15(19)20)2-1-3-14(12)18/h1-8H,(H,19,20). The minimum absolute atomic E-state index is 0.273. The monoisotopic (exact) mass is 305 g/mol. The number of hydrogen-bond donors (Lipinski definition) is 1. The molecule has 1 aromatic heterocycles. The van der Waals surface area contributed by atoms with E-state index in [0.717, 1.165) is 11.2 Å². The van der Waals surface area contributed by atoms with Crippen LogP contribution in [0.4, 0.5) is 0 Å². The number of rotatable bonds is 2. The van der Waals surface area contributed by atoms with E-state index in [-0.39, 0.29) is 5.56 Å². The van der Waals surface area contributed by atoms with Gasteiger partial charge in [-0.2, -0.15) is 0 Å². The quantitative estimate of drug-likeness (QED) is 0.749. The smallest absolute Gasteiger partial charge is 0.336 e. The molecule has 0 aliphatic carbocycles. The molecule has 0 unspecified atom stereocenters. The SMILES string of the molecule is O=C(O)c1cccc2c1ccn2-c1cc(Cl)cc(Cl)c1. The van der Waals surface area contributed by atoms with Crippen LogP contribution in [0.5, 0.6) is 0 Å². The van der Waals surface area contributed by atoms with E-state index in [1.807, 2.05) is 10.6 Å². The van der Waals surface area contributed by atoms with Gasteiger partial charge in [-0.1, -0.05) is 29.3 Å². The predicted octanol–water partition coefficient (Wildman–Crippen LogP) is 4.64. The molecule has 1 heterocycles. The number of benzene rings is 2. The van der Waals surface area contributed by atoms with E-state index in [4.69, 9.17) is 23.2 Å². The molecule has 0 spiro atoms. The molecule has 0 atom stereocenters. The van der Waals surface area contributed by atoms with Crippen LogP contribution in [0.2, 0.25) is 10.0 Å². The van der Waals surface area contributed by atoms with Crippen molar-refractivity contribution in [2.45, 2.75) is 0 Å². The van der Waals surface area contributed by atoms with Gasteiger partial charge < -0.3 is 9.67 Å². The Labute approximate surface area is 125 Å². The topological polar surface area (TPSA) is 42.2 Å². The summed E-state index contributed by atoms with van der Waals surface area (Å²) in [6, 6.07) is 12.1. The number of carboxylic acid groups (broad SMARTS) is 1. The van der Waals surface area contributed by atoms with Crippen molar-refractivity contribution in [3.8, 4) is 5.69 Å². The third-order valence-corrected chi connectivity index (χ3v) is 3.53. The molecule has 20 heavy (non-hydrogen) atoms. The minimum atomic E-state index is -0.947. The lowest BCUT2D eigenvalue weighted by molar-refractivity contribution is 0.0699. The summed E-state index contributed by atoms with van der Waals surface area (Å²) in [4.78, 5) is 11.2. The number of carboxylic acids is 1. The van der Waals surface area contributed by atoms with Gasteiger partial charge in [0.1, 0.15) is 0 Å². The molecular weight excluding hydrogens is 297 g/mol. The van der Waals surface area contributed by atoms with E-state index in [0.29, 0.717) is 15.4 Å². The first-order chi connectivity index (χ1) is 9.56. The molecule has 0 amide bonds. The van der Waals surface area contributed by atoms with Crippen LogP contribution in [0, 0.1) is 0 Å². The second-order valence-electron chi connectivity index (χ2n) is 4.36. The summed E-state index contributed by atoms with van der Waals surface area (Å²) in [5.41, 5.74) is 1.86. The maximum atomic E-state index is 11.2. The normalized spacial score (nSPS) is 10.9. The van der Waals surface area contributed by atoms with Gasteiger partial charge in [-0.3, -0.25) is 0 Å². The highest BCUT2D eigenvalue weighted by atomic mass is 35.5. The Morgan fingerprint density at radius 2 is 1.75 bits per heavy atom. The Hall–Kier alpha value is -1.97. The highest BCUT2D eigenvalue weighted by molar-refractivity contribution is 6.34. The summed E-state index contributed by atoms with van der Waals surface area (Å²) in [6.07, 6.45) is 1.80. The van der Waals surface area contributed by atoms with Crippen molar-refractivity contribution < 1.29 is 9.90 Å². The molecule has 0 radical (unpaired) electrons. The van der Waals surface area contributed by atoms with Crippen LogP contribution in [-0.4, -0.2) is 15.6 Å². The molecule has 0 fully saturated rings. The minimum Gasteiger partial charge on any atom is -0.478 e. The Balaban J connectivity index is 2.28. The van der Waals surface area contributed by atoms with E-state index in [9.17, 15) is 9.90 Å². The Kier molecular flexibility index (Phi) is 3.16. The molecule has 0 bridgehead atoms. The van der Waals surface area contributed by atoms with Gasteiger partial charge >= 0.3 is 5.97 Å². The van der Waals surface area contributed by atoms with Gasteiger partial charge in [0.25, 0.3) is 0 Å². The number of aromatic nitrogens is 1. The lowest BCUT2D eigenvalue weighted by Crippen LogP contribution is -1.97. The second kappa shape index (κ2) is 4.85. The van der Waals surface area contributed by atoms with Gasteiger partial charge in [0.05, 0.1) is 11.1 Å². The number of aromatic carboxylic acids is 1. The molecule has 5 heteroatoms. The molecule has 0 aliphatic heterocycles. The van der Waals surface area contributed by atoms with Crippen molar-refractivity contribution in [1.29, 1.82) is 0 Å². The third kappa shape index (κ3) is 2.15. The lowest BCUT2D eigenvalue weighted by atomic mass is 10.1. The molecule has 100 valence electrons. The van der Waals surface area contributed by atoms with Crippen LogP contribution in [-0.2, 0) is 0 Å². The molecule has 3 rings (SSSR count). The number of fused-ring (bicyclic) bond motifs is 1. The Morgan fingerprint density at radius 3 is 2.40 bits per heavy atom. The van der Waals surface area contributed by atoms with Gasteiger partial charge in [-0.25, -0.2) is 4.79 Å². The molecule has 1 N–H and O–H groups in total. The van der Waals surface area contributed by atoms with E-state index in [1.54, 1.807) is 42.6 Å². The highest BCUT2D eigenvalue weighted by Gasteiger charge is 2.12. The van der Waals surface area contributed by atoms with Crippen molar-refractivity contribution in [3.63, 3.8) is 0 Å². The van der Waals surface area contributed by atoms with Crippen LogP contribution < -0.4 is 0 Å². The predicted molar refractivity (Wildman–Crippen MR) is 80.3 cm³/mol. The summed E-state index contributed by atoms with van der Waals surface area (Å²) in [7, 11) is 0. The Bertz CT molecular complexity index is 804. The van der Waals surface area contributed by atoms with E-state index in [2.05, 4.69) is 0 Å². The van der Waals surface area contributed by atoms with Crippen LogP contribution >= 0.6 is 23.2 Å². The zero-order valence-corrected chi connectivity index (χ0v) is 11.7. The fraction of sp³-hybridized carbons (Fsp3) is 0. The number of hydrogen-bond acceptors (Lipinski definition) is 1. The largest absolute Gasteiger partial charge is 0.478 e. The zero-order chi connectivity index (χ0) is 14.3. The van der Waals surface area contributed by atoms with Gasteiger partial charge in [0.2, 0.25) is 0 Å². The van der Waals surface area contributed by atoms with E-state index >= 15 is 0 Å². The molecule has 0 saturated carbocycles. The maximum Gasteiger partial charge on any atom is 0.336 e.